The summed E-state index contributed by atoms with van der Waals surface area (Å²) in [5.74, 6) is 0.738. The first-order valence-corrected chi connectivity index (χ1v) is 7.17. The highest BCUT2D eigenvalue weighted by atomic mass is 32.2. The Labute approximate surface area is 115 Å². The first-order chi connectivity index (χ1) is 9.13. The molecular weight excluding hydrogens is 269 g/mol. The van der Waals surface area contributed by atoms with E-state index < -0.39 is 17.8 Å². The zero-order valence-corrected chi connectivity index (χ0v) is 11.5. The molecule has 1 aliphatic heterocycles. The van der Waals surface area contributed by atoms with Crippen molar-refractivity contribution < 1.29 is 19.0 Å². The molecule has 6 heteroatoms. The average Bonchev–Trinajstić information content (AvgIpc) is 2.41. The first kappa shape index (κ1) is 14.1. The fourth-order valence-electron chi connectivity index (χ4n) is 2.23. The Balaban J connectivity index is 2.35. The van der Waals surface area contributed by atoms with Gasteiger partial charge in [-0.05, 0) is 6.07 Å². The molecule has 4 nitrogen and oxygen atoms in total. The van der Waals surface area contributed by atoms with Crippen LogP contribution in [0.15, 0.2) is 18.2 Å². The number of hydrogen-bond donors (Lipinski definition) is 1. The number of ether oxygens (including phenoxy) is 1. The molecule has 1 aliphatic rings. The van der Waals surface area contributed by atoms with Crippen molar-refractivity contribution in [1.82, 2.24) is 4.90 Å². The fraction of sp³-hybridized carbons (Fsp3) is 0.462. The van der Waals surface area contributed by atoms with Crippen LogP contribution < -0.4 is 4.74 Å². The third kappa shape index (κ3) is 3.19. The van der Waals surface area contributed by atoms with Crippen molar-refractivity contribution in [1.29, 1.82) is 0 Å². The maximum absolute atomic E-state index is 13.2. The van der Waals surface area contributed by atoms with Crippen LogP contribution in [0, 0.1) is 5.82 Å². The van der Waals surface area contributed by atoms with Crippen molar-refractivity contribution in [2.24, 2.45) is 0 Å². The number of rotatable bonds is 4. The van der Waals surface area contributed by atoms with Crippen molar-refractivity contribution in [3.05, 3.63) is 29.6 Å². The minimum Gasteiger partial charge on any atom is -0.496 e. The second-order valence-electron chi connectivity index (χ2n) is 4.28. The first-order valence-electron chi connectivity index (χ1n) is 6.01. The lowest BCUT2D eigenvalue weighted by Crippen LogP contribution is -2.40. The Bertz CT molecular complexity index is 463. The van der Waals surface area contributed by atoms with Crippen molar-refractivity contribution >= 4 is 17.7 Å². The third-order valence-electron chi connectivity index (χ3n) is 3.13. The molecule has 1 aromatic carbocycles. The number of carboxylic acid groups (broad SMARTS) is 1. The second kappa shape index (κ2) is 6.25. The number of hydrogen-bond acceptors (Lipinski definition) is 4. The SMILES string of the molecule is COc1cc(F)ccc1C(C(=O)O)N1CCSCC1. The van der Waals surface area contributed by atoms with Crippen LogP contribution in [0.2, 0.25) is 0 Å². The van der Waals surface area contributed by atoms with Crippen LogP contribution in [0.4, 0.5) is 4.39 Å². The van der Waals surface area contributed by atoms with Crippen LogP contribution in [0.5, 0.6) is 5.75 Å². The molecule has 0 aliphatic carbocycles. The summed E-state index contributed by atoms with van der Waals surface area (Å²) in [6.07, 6.45) is 0. The molecule has 0 spiro atoms. The summed E-state index contributed by atoms with van der Waals surface area (Å²) in [5.41, 5.74) is 0.503. The summed E-state index contributed by atoms with van der Waals surface area (Å²) in [5, 5.41) is 9.47. The smallest absolute Gasteiger partial charge is 0.325 e. The van der Waals surface area contributed by atoms with Gasteiger partial charge < -0.3 is 9.84 Å². The van der Waals surface area contributed by atoms with Gasteiger partial charge in [0.2, 0.25) is 0 Å². The summed E-state index contributed by atoms with van der Waals surface area (Å²) in [7, 11) is 1.42. The Hall–Kier alpha value is -1.27. The van der Waals surface area contributed by atoms with Gasteiger partial charge in [0.15, 0.2) is 0 Å². The quantitative estimate of drug-likeness (QED) is 0.917. The highest BCUT2D eigenvalue weighted by molar-refractivity contribution is 7.99. The maximum atomic E-state index is 13.2. The molecule has 1 N–H and O–H groups in total. The van der Waals surface area contributed by atoms with E-state index in [1.165, 1.54) is 25.3 Å². The van der Waals surface area contributed by atoms with Crippen LogP contribution in [0.1, 0.15) is 11.6 Å². The Morgan fingerprint density at radius 2 is 2.16 bits per heavy atom. The second-order valence-corrected chi connectivity index (χ2v) is 5.50. The molecule has 0 saturated carbocycles. The van der Waals surface area contributed by atoms with Gasteiger partial charge in [-0.2, -0.15) is 11.8 Å². The molecule has 0 amide bonds. The average molecular weight is 285 g/mol. The minimum absolute atomic E-state index is 0.283. The lowest BCUT2D eigenvalue weighted by atomic mass is 10.0. The Kier molecular flexibility index (Phi) is 4.66. The number of halogens is 1. The van der Waals surface area contributed by atoms with E-state index in [9.17, 15) is 14.3 Å². The molecule has 1 unspecified atom stereocenters. The number of thioether (sulfide) groups is 1. The predicted octanol–water partition coefficient (Wildman–Crippen LogP) is 2.01. The lowest BCUT2D eigenvalue weighted by Gasteiger charge is -2.32. The number of methoxy groups -OCH3 is 1. The van der Waals surface area contributed by atoms with E-state index in [1.54, 1.807) is 0 Å². The molecule has 19 heavy (non-hydrogen) atoms. The van der Waals surface area contributed by atoms with E-state index in [0.29, 0.717) is 18.7 Å². The molecule has 104 valence electrons. The number of carbonyl (C=O) groups is 1. The minimum atomic E-state index is -0.934. The zero-order chi connectivity index (χ0) is 13.8. The van der Waals surface area contributed by atoms with Gasteiger partial charge in [-0.15, -0.1) is 0 Å². The predicted molar refractivity (Wildman–Crippen MR) is 72.2 cm³/mol. The zero-order valence-electron chi connectivity index (χ0n) is 10.6. The van der Waals surface area contributed by atoms with Gasteiger partial charge in [0, 0.05) is 36.2 Å². The summed E-state index contributed by atoms with van der Waals surface area (Å²) >= 11 is 1.81. The van der Waals surface area contributed by atoms with Crippen molar-refractivity contribution in [3.8, 4) is 5.75 Å². The van der Waals surface area contributed by atoms with Gasteiger partial charge in [0.1, 0.15) is 17.6 Å². The molecule has 1 fully saturated rings. The van der Waals surface area contributed by atoms with Crippen molar-refractivity contribution in [2.75, 3.05) is 31.7 Å². The summed E-state index contributed by atoms with van der Waals surface area (Å²) < 4.78 is 18.3. The lowest BCUT2D eigenvalue weighted by molar-refractivity contribution is -0.143. The van der Waals surface area contributed by atoms with Gasteiger partial charge in [0.05, 0.1) is 7.11 Å². The molecule has 2 rings (SSSR count). The largest absolute Gasteiger partial charge is 0.496 e. The molecule has 0 bridgehead atoms. The van der Waals surface area contributed by atoms with Gasteiger partial charge in [-0.25, -0.2) is 4.39 Å². The maximum Gasteiger partial charge on any atom is 0.325 e. The van der Waals surface area contributed by atoms with E-state index in [2.05, 4.69) is 0 Å². The Morgan fingerprint density at radius 1 is 1.47 bits per heavy atom. The van der Waals surface area contributed by atoms with E-state index >= 15 is 0 Å². The highest BCUT2D eigenvalue weighted by Crippen LogP contribution is 2.31. The van der Waals surface area contributed by atoms with E-state index in [4.69, 9.17) is 4.74 Å². The van der Waals surface area contributed by atoms with Gasteiger partial charge in [-0.3, -0.25) is 9.69 Å². The van der Waals surface area contributed by atoms with E-state index in [-0.39, 0.29) is 5.75 Å². The van der Waals surface area contributed by atoms with Gasteiger partial charge in [0.25, 0.3) is 0 Å². The number of benzene rings is 1. The number of aliphatic carboxylic acids is 1. The van der Waals surface area contributed by atoms with Crippen LogP contribution in [0.25, 0.3) is 0 Å². The number of nitrogens with zero attached hydrogens (tertiary/aromatic N) is 1. The van der Waals surface area contributed by atoms with E-state index in [1.807, 2.05) is 16.7 Å². The Morgan fingerprint density at radius 3 is 2.74 bits per heavy atom. The van der Waals surface area contributed by atoms with Gasteiger partial charge >= 0.3 is 5.97 Å². The van der Waals surface area contributed by atoms with Crippen molar-refractivity contribution in [3.63, 3.8) is 0 Å². The fourth-order valence-corrected chi connectivity index (χ4v) is 3.16. The molecule has 1 saturated heterocycles. The van der Waals surface area contributed by atoms with Crippen LogP contribution in [-0.4, -0.2) is 47.7 Å². The topological polar surface area (TPSA) is 49.8 Å². The monoisotopic (exact) mass is 285 g/mol. The molecule has 0 aromatic heterocycles. The standard InChI is InChI=1S/C13H16FNO3S/c1-18-11-8-9(14)2-3-10(11)12(13(16)17)15-4-6-19-7-5-15/h2-3,8,12H,4-7H2,1H3,(H,16,17). The molecule has 1 atom stereocenters. The van der Waals surface area contributed by atoms with Crippen LogP contribution in [0.3, 0.4) is 0 Å². The van der Waals surface area contributed by atoms with E-state index in [0.717, 1.165) is 11.5 Å². The summed E-state index contributed by atoms with van der Waals surface area (Å²) in [4.78, 5) is 13.5. The summed E-state index contributed by atoms with van der Waals surface area (Å²) in [6, 6.07) is 3.21. The van der Waals surface area contributed by atoms with Gasteiger partial charge in [-0.1, -0.05) is 6.07 Å². The highest BCUT2D eigenvalue weighted by Gasteiger charge is 2.31. The molecule has 0 radical (unpaired) electrons. The van der Waals surface area contributed by atoms with Crippen molar-refractivity contribution in [2.45, 2.75) is 6.04 Å². The summed E-state index contributed by atoms with van der Waals surface area (Å²) in [6.45, 7) is 1.42. The third-order valence-corrected chi connectivity index (χ3v) is 4.08. The molecular formula is C13H16FNO3S. The molecule has 1 heterocycles. The van der Waals surface area contributed by atoms with Crippen LogP contribution >= 0.6 is 11.8 Å². The van der Waals surface area contributed by atoms with Crippen LogP contribution in [-0.2, 0) is 4.79 Å². The molecule has 1 aromatic rings. The number of carboxylic acids is 1. The normalized spacial score (nSPS) is 18.0.